The van der Waals surface area contributed by atoms with Crippen LogP contribution in [0.25, 0.3) is 0 Å². The number of carbonyl (C=O) groups is 2. The molecule has 2 aromatic heterocycles. The molecule has 2 heterocycles. The molecule has 0 radical (unpaired) electrons. The van der Waals surface area contributed by atoms with E-state index >= 15 is 0 Å². The van der Waals surface area contributed by atoms with Crippen molar-refractivity contribution in [1.82, 2.24) is 40.4 Å². The van der Waals surface area contributed by atoms with Gasteiger partial charge in [-0.2, -0.15) is 0 Å². The number of ether oxygens (including phenoxy) is 2. The van der Waals surface area contributed by atoms with Crippen LogP contribution in [0.1, 0.15) is 158 Å². The summed E-state index contributed by atoms with van der Waals surface area (Å²) in [5.74, 6) is 0.954. The van der Waals surface area contributed by atoms with Crippen molar-refractivity contribution in [2.24, 2.45) is 0 Å². The number of hydrogen-bond donors (Lipinski definition) is 0. The highest BCUT2D eigenvalue weighted by Gasteiger charge is 2.12. The predicted molar refractivity (Wildman–Crippen MR) is 213 cm³/mol. The normalized spacial score (nSPS) is 11.2. The summed E-state index contributed by atoms with van der Waals surface area (Å²) in [7, 11) is 0. The van der Waals surface area contributed by atoms with Gasteiger partial charge >= 0.3 is 11.9 Å². The van der Waals surface area contributed by atoms with Gasteiger partial charge in [0.25, 0.3) is 0 Å². The van der Waals surface area contributed by atoms with Crippen LogP contribution in [0.2, 0.25) is 0 Å². The molecular formula is C43H64N8O4. The van der Waals surface area contributed by atoms with Gasteiger partial charge in [-0.15, -0.1) is 10.2 Å². The van der Waals surface area contributed by atoms with Crippen molar-refractivity contribution in [2.45, 2.75) is 161 Å². The summed E-state index contributed by atoms with van der Waals surface area (Å²) in [6.07, 6.45) is 24.6. The Morgan fingerprint density at radius 1 is 0.436 bits per heavy atom. The Balaban J connectivity index is 0.837. The van der Waals surface area contributed by atoms with E-state index in [1.165, 1.54) is 88.2 Å². The molecular weight excluding hydrogens is 693 g/mol. The fourth-order valence-electron chi connectivity index (χ4n) is 6.75. The summed E-state index contributed by atoms with van der Waals surface area (Å²) >= 11 is 0. The Kier molecular flexibility index (Phi) is 22.0. The van der Waals surface area contributed by atoms with Crippen molar-refractivity contribution in [2.75, 3.05) is 13.2 Å². The highest BCUT2D eigenvalue weighted by Crippen LogP contribution is 2.14. The summed E-state index contributed by atoms with van der Waals surface area (Å²) in [5.41, 5.74) is 2.42. The van der Waals surface area contributed by atoms with Gasteiger partial charge in [0.1, 0.15) is 6.42 Å². The lowest BCUT2D eigenvalue weighted by atomic mass is 10.1. The summed E-state index contributed by atoms with van der Waals surface area (Å²) in [6.45, 7) is 2.18. The second-order valence-electron chi connectivity index (χ2n) is 14.7. The smallest absolute Gasteiger partial charge is 0.317 e. The summed E-state index contributed by atoms with van der Waals surface area (Å²) in [5, 5.41) is 24.5. The van der Waals surface area contributed by atoms with Crippen molar-refractivity contribution in [3.8, 4) is 0 Å². The molecule has 0 spiro atoms. The average Bonchev–Trinajstić information content (AvgIpc) is 3.84. The molecule has 0 bridgehead atoms. The number of aryl methyl sites for hydroxylation is 2. The van der Waals surface area contributed by atoms with Gasteiger partial charge in [-0.05, 0) is 57.7 Å². The van der Waals surface area contributed by atoms with Crippen LogP contribution < -0.4 is 0 Å². The minimum absolute atomic E-state index is 0.296. The number of carbonyl (C=O) groups excluding carboxylic acids is 2. The molecule has 0 unspecified atom stereocenters. The molecule has 0 saturated heterocycles. The van der Waals surface area contributed by atoms with Crippen molar-refractivity contribution < 1.29 is 19.1 Å². The van der Waals surface area contributed by atoms with Crippen LogP contribution >= 0.6 is 0 Å². The Labute approximate surface area is 328 Å². The third-order valence-corrected chi connectivity index (χ3v) is 9.97. The molecule has 0 fully saturated rings. The first-order chi connectivity index (χ1) is 27.2. The molecule has 12 nitrogen and oxygen atoms in total. The van der Waals surface area contributed by atoms with E-state index in [2.05, 4.69) is 55.3 Å². The maximum Gasteiger partial charge on any atom is 0.317 e. The summed E-state index contributed by atoms with van der Waals surface area (Å²) < 4.78 is 14.3. The third-order valence-electron chi connectivity index (χ3n) is 9.97. The zero-order chi connectivity index (χ0) is 38.4. The number of benzene rings is 2. The molecule has 12 heteroatoms. The lowest BCUT2D eigenvalue weighted by molar-refractivity contribution is -0.154. The molecule has 4 aromatic rings. The Bertz CT molecular complexity index is 1450. The molecule has 2 aromatic carbocycles. The van der Waals surface area contributed by atoms with Crippen LogP contribution in [-0.4, -0.2) is 65.6 Å². The van der Waals surface area contributed by atoms with Gasteiger partial charge in [0.05, 0.1) is 26.3 Å². The van der Waals surface area contributed by atoms with E-state index in [0.29, 0.717) is 26.3 Å². The van der Waals surface area contributed by atoms with Crippen LogP contribution in [0, 0.1) is 0 Å². The molecule has 4 rings (SSSR count). The molecule has 0 aliphatic rings. The molecule has 0 amide bonds. The number of esters is 2. The van der Waals surface area contributed by atoms with E-state index in [0.717, 1.165) is 75.9 Å². The van der Waals surface area contributed by atoms with Crippen LogP contribution in [-0.2, 0) is 45.0 Å². The molecule has 0 aliphatic heterocycles. The first-order valence-electron chi connectivity index (χ1n) is 21.1. The summed E-state index contributed by atoms with van der Waals surface area (Å²) in [4.78, 5) is 24.0. The topological polar surface area (TPSA) is 140 Å². The molecule has 0 N–H and O–H groups in total. The second kappa shape index (κ2) is 28.0. The van der Waals surface area contributed by atoms with Crippen molar-refractivity contribution in [1.29, 1.82) is 0 Å². The largest absolute Gasteiger partial charge is 0.465 e. The van der Waals surface area contributed by atoms with Crippen LogP contribution in [0.5, 0.6) is 0 Å². The van der Waals surface area contributed by atoms with Crippen molar-refractivity contribution in [3.63, 3.8) is 0 Å². The molecule has 0 aliphatic carbocycles. The SMILES string of the molecule is O=C(CC(=O)OCCCCCCCCCCCCc1nnnn1Cc1ccccc1)OCCCCCCCCCCCCc1nnnn1Cc1ccccc1. The maximum atomic E-state index is 12.0. The standard InChI is InChI=1S/C43H64N8O4/c52-42(54-33-25-15-11-7-3-1-5-9-13-23-31-40-44-46-48-50(40)36-38-27-19-17-20-28-38)35-43(53)55-34-26-16-12-8-4-2-6-10-14-24-32-41-45-47-49-51(41)37-39-29-21-18-22-30-39/h17-22,27-30H,1-16,23-26,31-37H2. The first-order valence-corrected chi connectivity index (χ1v) is 21.1. The number of nitrogens with zero attached hydrogens (tertiary/aromatic N) is 8. The van der Waals surface area contributed by atoms with Gasteiger partial charge in [-0.25, -0.2) is 9.36 Å². The predicted octanol–water partition coefficient (Wildman–Crippen LogP) is 8.82. The van der Waals surface area contributed by atoms with Crippen molar-refractivity contribution in [3.05, 3.63) is 83.4 Å². The summed E-state index contributed by atoms with van der Waals surface area (Å²) in [6, 6.07) is 20.6. The Hall–Kier alpha value is -4.48. The zero-order valence-corrected chi connectivity index (χ0v) is 33.1. The highest BCUT2D eigenvalue weighted by molar-refractivity contribution is 5.91. The minimum Gasteiger partial charge on any atom is -0.465 e. The number of hydrogen-bond acceptors (Lipinski definition) is 10. The maximum absolute atomic E-state index is 12.0. The van der Waals surface area contributed by atoms with Gasteiger partial charge in [-0.1, -0.05) is 163 Å². The van der Waals surface area contributed by atoms with E-state index < -0.39 is 11.9 Å². The van der Waals surface area contributed by atoms with E-state index in [1.807, 2.05) is 45.8 Å². The Morgan fingerprint density at radius 2 is 0.764 bits per heavy atom. The van der Waals surface area contributed by atoms with Gasteiger partial charge in [0.2, 0.25) is 0 Å². The quantitative estimate of drug-likeness (QED) is 0.0270. The van der Waals surface area contributed by atoms with E-state index in [1.54, 1.807) is 0 Å². The highest BCUT2D eigenvalue weighted by atomic mass is 16.6. The van der Waals surface area contributed by atoms with E-state index in [4.69, 9.17) is 9.47 Å². The number of tetrazole rings is 2. The van der Waals surface area contributed by atoms with Crippen LogP contribution in [0.15, 0.2) is 60.7 Å². The van der Waals surface area contributed by atoms with Gasteiger partial charge in [0, 0.05) is 12.8 Å². The average molecular weight is 757 g/mol. The van der Waals surface area contributed by atoms with Crippen LogP contribution in [0.4, 0.5) is 0 Å². The lowest BCUT2D eigenvalue weighted by Crippen LogP contribution is -2.15. The number of unbranched alkanes of at least 4 members (excludes halogenated alkanes) is 18. The van der Waals surface area contributed by atoms with Crippen LogP contribution in [0.3, 0.4) is 0 Å². The number of aromatic nitrogens is 8. The molecule has 55 heavy (non-hydrogen) atoms. The minimum atomic E-state index is -0.485. The Morgan fingerprint density at radius 3 is 1.13 bits per heavy atom. The first kappa shape index (κ1) is 43.3. The van der Waals surface area contributed by atoms with Gasteiger partial charge in [0.15, 0.2) is 11.6 Å². The fraction of sp³-hybridized carbons (Fsp3) is 0.628. The molecule has 0 atom stereocenters. The van der Waals surface area contributed by atoms with Crippen molar-refractivity contribution >= 4 is 11.9 Å². The monoisotopic (exact) mass is 757 g/mol. The molecule has 0 saturated carbocycles. The zero-order valence-electron chi connectivity index (χ0n) is 33.1. The molecule has 300 valence electrons. The van der Waals surface area contributed by atoms with E-state index in [9.17, 15) is 9.59 Å². The lowest BCUT2D eigenvalue weighted by Gasteiger charge is -2.07. The third kappa shape index (κ3) is 19.6. The number of rotatable bonds is 32. The second-order valence-corrected chi connectivity index (χ2v) is 14.7. The van der Waals surface area contributed by atoms with E-state index in [-0.39, 0.29) is 6.42 Å². The van der Waals surface area contributed by atoms with Gasteiger partial charge in [-0.3, -0.25) is 9.59 Å². The fourth-order valence-corrected chi connectivity index (χ4v) is 6.75. The van der Waals surface area contributed by atoms with Gasteiger partial charge < -0.3 is 9.47 Å².